The summed E-state index contributed by atoms with van der Waals surface area (Å²) in [4.78, 5) is 6.87. The largest absolute Gasteiger partial charge is 0.371 e. The Balaban J connectivity index is 1.49. The van der Waals surface area contributed by atoms with Gasteiger partial charge in [0.25, 0.3) is 0 Å². The second kappa shape index (κ2) is 9.27. The highest BCUT2D eigenvalue weighted by Crippen LogP contribution is 2.19. The highest BCUT2D eigenvalue weighted by Gasteiger charge is 2.20. The summed E-state index contributed by atoms with van der Waals surface area (Å²) < 4.78 is 0. The molecule has 4 nitrogen and oxygen atoms in total. The van der Waals surface area contributed by atoms with E-state index in [2.05, 4.69) is 82.0 Å². The Morgan fingerprint density at radius 1 is 1.00 bits per heavy atom. The van der Waals surface area contributed by atoms with Gasteiger partial charge in [-0.3, -0.25) is 4.99 Å². The maximum Gasteiger partial charge on any atom is 0.191 e. The zero-order valence-electron chi connectivity index (χ0n) is 15.9. The number of anilines is 1. The summed E-state index contributed by atoms with van der Waals surface area (Å²) in [7, 11) is 1.85. The minimum atomic E-state index is 0.475. The van der Waals surface area contributed by atoms with E-state index in [0.717, 1.165) is 44.9 Å². The number of nitrogens with one attached hydrogen (secondary N) is 2. The van der Waals surface area contributed by atoms with Gasteiger partial charge in [-0.15, -0.1) is 0 Å². The predicted molar refractivity (Wildman–Crippen MR) is 111 cm³/mol. The molecular formula is C22H30N4. The monoisotopic (exact) mass is 350 g/mol. The van der Waals surface area contributed by atoms with Crippen LogP contribution in [-0.4, -0.2) is 32.1 Å². The van der Waals surface area contributed by atoms with Gasteiger partial charge >= 0.3 is 0 Å². The molecule has 2 N–H and O–H groups in total. The van der Waals surface area contributed by atoms with Gasteiger partial charge in [0, 0.05) is 38.4 Å². The van der Waals surface area contributed by atoms with Crippen molar-refractivity contribution in [3.63, 3.8) is 0 Å². The van der Waals surface area contributed by atoms with Crippen LogP contribution in [0, 0.1) is 0 Å². The molecule has 0 bridgehead atoms. The molecule has 1 saturated heterocycles. The van der Waals surface area contributed by atoms with Crippen molar-refractivity contribution in [3.05, 3.63) is 65.7 Å². The van der Waals surface area contributed by atoms with E-state index in [1.165, 1.54) is 16.8 Å². The molecule has 0 aromatic heterocycles. The Bertz CT molecular complexity index is 703. The normalized spacial score (nSPS) is 15.8. The fraction of sp³-hybridized carbons (Fsp3) is 0.409. The first-order valence-electron chi connectivity index (χ1n) is 9.64. The number of nitrogens with zero attached hydrogens (tertiary/aromatic N) is 2. The number of rotatable bonds is 5. The van der Waals surface area contributed by atoms with Gasteiger partial charge < -0.3 is 15.5 Å². The predicted octanol–water partition coefficient (Wildman–Crippen LogP) is 3.58. The van der Waals surface area contributed by atoms with E-state index >= 15 is 0 Å². The molecule has 0 saturated carbocycles. The number of aryl methyl sites for hydroxylation is 1. The number of hydrogen-bond donors (Lipinski definition) is 2. The summed E-state index contributed by atoms with van der Waals surface area (Å²) in [6.45, 7) is 5.17. The molecule has 0 spiro atoms. The maximum atomic E-state index is 4.41. The van der Waals surface area contributed by atoms with Crippen LogP contribution >= 0.6 is 0 Å². The zero-order chi connectivity index (χ0) is 18.2. The highest BCUT2D eigenvalue weighted by atomic mass is 15.2. The lowest BCUT2D eigenvalue weighted by molar-refractivity contribution is 0.461. The van der Waals surface area contributed by atoms with Crippen molar-refractivity contribution in [2.24, 2.45) is 4.99 Å². The Kier molecular flexibility index (Phi) is 6.53. The number of hydrogen-bond acceptors (Lipinski definition) is 2. The number of benzene rings is 2. The van der Waals surface area contributed by atoms with Crippen LogP contribution in [0.1, 0.15) is 30.9 Å². The van der Waals surface area contributed by atoms with E-state index in [0.29, 0.717) is 6.04 Å². The summed E-state index contributed by atoms with van der Waals surface area (Å²) in [6, 6.07) is 19.8. The standard InChI is InChI=1S/C22H30N4/c1-3-18-9-7-8-10-19(18)17-24-22(23-2)25-20-13-15-26(16-14-20)21-11-5-4-6-12-21/h4-12,20H,3,13-17H2,1-2H3,(H2,23,24,25). The minimum absolute atomic E-state index is 0.475. The van der Waals surface area contributed by atoms with Gasteiger partial charge in [-0.05, 0) is 42.5 Å². The van der Waals surface area contributed by atoms with E-state index < -0.39 is 0 Å². The van der Waals surface area contributed by atoms with E-state index in [4.69, 9.17) is 0 Å². The van der Waals surface area contributed by atoms with Crippen molar-refractivity contribution in [2.45, 2.75) is 38.8 Å². The van der Waals surface area contributed by atoms with E-state index in [1.54, 1.807) is 0 Å². The summed E-state index contributed by atoms with van der Waals surface area (Å²) in [5.41, 5.74) is 4.06. The number of piperidine rings is 1. The molecule has 0 atom stereocenters. The topological polar surface area (TPSA) is 39.7 Å². The van der Waals surface area contributed by atoms with Gasteiger partial charge in [0.1, 0.15) is 0 Å². The van der Waals surface area contributed by atoms with E-state index in [1.807, 2.05) is 7.05 Å². The van der Waals surface area contributed by atoms with Gasteiger partial charge in [0.2, 0.25) is 0 Å². The number of para-hydroxylation sites is 1. The molecule has 26 heavy (non-hydrogen) atoms. The molecule has 3 rings (SSSR count). The van der Waals surface area contributed by atoms with Crippen LogP contribution in [0.3, 0.4) is 0 Å². The number of aliphatic imine (C=N–C) groups is 1. The lowest BCUT2D eigenvalue weighted by Crippen LogP contribution is -2.48. The van der Waals surface area contributed by atoms with Crippen LogP contribution in [0.15, 0.2) is 59.6 Å². The van der Waals surface area contributed by atoms with Gasteiger partial charge in [-0.25, -0.2) is 0 Å². The highest BCUT2D eigenvalue weighted by molar-refractivity contribution is 5.80. The molecule has 0 amide bonds. The molecule has 138 valence electrons. The number of guanidine groups is 1. The van der Waals surface area contributed by atoms with Crippen LogP contribution in [0.25, 0.3) is 0 Å². The van der Waals surface area contributed by atoms with E-state index in [9.17, 15) is 0 Å². The molecule has 0 radical (unpaired) electrons. The molecule has 0 unspecified atom stereocenters. The summed E-state index contributed by atoms with van der Waals surface area (Å²) in [6.07, 6.45) is 3.31. The average Bonchev–Trinajstić information content (AvgIpc) is 2.72. The maximum absolute atomic E-state index is 4.41. The molecule has 1 aliphatic rings. The molecule has 1 fully saturated rings. The smallest absolute Gasteiger partial charge is 0.191 e. The van der Waals surface area contributed by atoms with Crippen LogP contribution < -0.4 is 15.5 Å². The summed E-state index contributed by atoms with van der Waals surface area (Å²) in [5.74, 6) is 0.897. The molecule has 1 heterocycles. The van der Waals surface area contributed by atoms with E-state index in [-0.39, 0.29) is 0 Å². The molecule has 2 aromatic carbocycles. The second-order valence-corrected chi connectivity index (χ2v) is 6.79. The van der Waals surface area contributed by atoms with Gasteiger partial charge in [0.05, 0.1) is 0 Å². The Labute approximate surface area is 157 Å². The first-order chi connectivity index (χ1) is 12.8. The van der Waals surface area contributed by atoms with Crippen LogP contribution in [0.2, 0.25) is 0 Å². The molecule has 1 aliphatic heterocycles. The van der Waals surface area contributed by atoms with Gasteiger partial charge in [-0.2, -0.15) is 0 Å². The van der Waals surface area contributed by atoms with Crippen molar-refractivity contribution in [1.82, 2.24) is 10.6 Å². The molecule has 4 heteroatoms. The summed E-state index contributed by atoms with van der Waals surface area (Å²) in [5, 5.41) is 7.07. The first-order valence-corrected chi connectivity index (χ1v) is 9.64. The van der Waals surface area contributed by atoms with Crippen LogP contribution in [0.5, 0.6) is 0 Å². The van der Waals surface area contributed by atoms with Crippen LogP contribution in [0.4, 0.5) is 5.69 Å². The molecule has 2 aromatic rings. The third-order valence-electron chi connectivity index (χ3n) is 5.13. The van der Waals surface area contributed by atoms with Crippen molar-refractivity contribution in [3.8, 4) is 0 Å². The van der Waals surface area contributed by atoms with Crippen molar-refractivity contribution in [2.75, 3.05) is 25.0 Å². The lowest BCUT2D eigenvalue weighted by atomic mass is 10.0. The van der Waals surface area contributed by atoms with Crippen molar-refractivity contribution in [1.29, 1.82) is 0 Å². The Morgan fingerprint density at radius 3 is 2.31 bits per heavy atom. The second-order valence-electron chi connectivity index (χ2n) is 6.79. The quantitative estimate of drug-likeness (QED) is 0.639. The third kappa shape index (κ3) is 4.78. The van der Waals surface area contributed by atoms with Gasteiger partial charge in [-0.1, -0.05) is 49.4 Å². The third-order valence-corrected chi connectivity index (χ3v) is 5.13. The Morgan fingerprint density at radius 2 is 1.65 bits per heavy atom. The average molecular weight is 351 g/mol. The van der Waals surface area contributed by atoms with Crippen molar-refractivity contribution >= 4 is 11.6 Å². The van der Waals surface area contributed by atoms with Crippen LogP contribution in [-0.2, 0) is 13.0 Å². The fourth-order valence-corrected chi connectivity index (χ4v) is 3.56. The molecular weight excluding hydrogens is 320 g/mol. The zero-order valence-corrected chi connectivity index (χ0v) is 15.9. The fourth-order valence-electron chi connectivity index (χ4n) is 3.56. The summed E-state index contributed by atoms with van der Waals surface area (Å²) >= 11 is 0. The molecule has 0 aliphatic carbocycles. The van der Waals surface area contributed by atoms with Gasteiger partial charge in [0.15, 0.2) is 5.96 Å². The SMILES string of the molecule is CCc1ccccc1CNC(=NC)NC1CCN(c2ccccc2)CC1. The van der Waals surface area contributed by atoms with Crippen molar-refractivity contribution < 1.29 is 0 Å². The lowest BCUT2D eigenvalue weighted by Gasteiger charge is -2.34. The Hall–Kier alpha value is -2.49. The minimum Gasteiger partial charge on any atom is -0.371 e. The first kappa shape index (κ1) is 18.3.